The van der Waals surface area contributed by atoms with E-state index >= 15 is 0 Å². The molecule has 36 heavy (non-hydrogen) atoms. The van der Waals surface area contributed by atoms with Crippen LogP contribution in [0.15, 0.2) is 67.3 Å². The lowest BCUT2D eigenvalue weighted by atomic mass is 9.95. The van der Waals surface area contributed by atoms with Gasteiger partial charge in [-0.25, -0.2) is 15.0 Å². The Balaban J connectivity index is 1.19. The molecule has 7 rings (SSSR count). The van der Waals surface area contributed by atoms with Gasteiger partial charge in [0.2, 0.25) is 0 Å². The molecule has 178 valence electrons. The number of nitrogens with one attached hydrogen (secondary N) is 2. The molecule has 0 atom stereocenters. The van der Waals surface area contributed by atoms with E-state index < -0.39 is 0 Å². The quantitative estimate of drug-likeness (QED) is 0.351. The molecule has 2 aromatic carbocycles. The molecule has 1 aliphatic heterocycles. The molecule has 0 saturated carbocycles. The van der Waals surface area contributed by atoms with Crippen molar-refractivity contribution in [1.82, 2.24) is 34.2 Å². The molecule has 0 bridgehead atoms. The predicted molar refractivity (Wildman–Crippen MR) is 139 cm³/mol. The van der Waals surface area contributed by atoms with Gasteiger partial charge >= 0.3 is 0 Å². The monoisotopic (exact) mass is 476 g/mol. The highest BCUT2D eigenvalue weighted by atomic mass is 16.2. The van der Waals surface area contributed by atoms with E-state index in [-0.39, 0.29) is 11.8 Å². The number of para-hydroxylation sites is 1. The highest BCUT2D eigenvalue weighted by molar-refractivity contribution is 5.97. The Morgan fingerprint density at radius 1 is 1.03 bits per heavy atom. The van der Waals surface area contributed by atoms with Gasteiger partial charge in [-0.3, -0.25) is 9.20 Å². The van der Waals surface area contributed by atoms with Crippen LogP contribution in [-0.4, -0.2) is 53.2 Å². The van der Waals surface area contributed by atoms with E-state index in [9.17, 15) is 4.79 Å². The van der Waals surface area contributed by atoms with E-state index in [1.165, 1.54) is 0 Å². The van der Waals surface area contributed by atoms with Crippen molar-refractivity contribution >= 4 is 39.2 Å². The Hall–Kier alpha value is -4.66. The molecule has 1 fully saturated rings. The van der Waals surface area contributed by atoms with E-state index in [1.54, 1.807) is 12.5 Å². The Kier molecular flexibility index (Phi) is 4.57. The number of aromatic amines is 2. The molecule has 6 aromatic rings. The smallest absolute Gasteiger partial charge is 0.253 e. The molecule has 0 radical (unpaired) electrons. The number of aromatic nitrogens is 6. The summed E-state index contributed by atoms with van der Waals surface area (Å²) in [6, 6.07) is 15.9. The van der Waals surface area contributed by atoms with Crippen LogP contribution in [0.2, 0.25) is 0 Å². The molecule has 1 amide bonds. The van der Waals surface area contributed by atoms with Crippen LogP contribution in [0.5, 0.6) is 0 Å². The fraction of sp³-hybridized carbons (Fsp3) is 0.185. The SMILES string of the molecule is Nc1nccn2c(C3CCN(C(=O)c4ccc5nc[nH]c5c4)CC3)nc(-c3cc4ccccc4[nH]3)c12. The Morgan fingerprint density at radius 2 is 1.89 bits per heavy atom. The van der Waals surface area contributed by atoms with Gasteiger partial charge in [0.25, 0.3) is 5.91 Å². The van der Waals surface area contributed by atoms with Gasteiger partial charge in [-0.2, -0.15) is 0 Å². The van der Waals surface area contributed by atoms with Crippen LogP contribution in [0, 0.1) is 0 Å². The van der Waals surface area contributed by atoms with Gasteiger partial charge in [0.05, 0.1) is 23.1 Å². The average molecular weight is 477 g/mol. The minimum Gasteiger partial charge on any atom is -0.382 e. The van der Waals surface area contributed by atoms with Crippen molar-refractivity contribution in [2.75, 3.05) is 18.8 Å². The second kappa shape index (κ2) is 7.94. The second-order valence-corrected chi connectivity index (χ2v) is 9.32. The number of piperidine rings is 1. The zero-order valence-electron chi connectivity index (χ0n) is 19.5. The van der Waals surface area contributed by atoms with Crippen molar-refractivity contribution in [3.8, 4) is 11.4 Å². The summed E-state index contributed by atoms with van der Waals surface area (Å²) in [5.41, 5.74) is 12.3. The summed E-state index contributed by atoms with van der Waals surface area (Å²) in [4.78, 5) is 35.3. The lowest BCUT2D eigenvalue weighted by Crippen LogP contribution is -2.38. The summed E-state index contributed by atoms with van der Waals surface area (Å²) in [7, 11) is 0. The third-order valence-electron chi connectivity index (χ3n) is 7.21. The maximum atomic E-state index is 13.2. The lowest BCUT2D eigenvalue weighted by Gasteiger charge is -2.31. The molecule has 1 aliphatic rings. The maximum Gasteiger partial charge on any atom is 0.253 e. The minimum atomic E-state index is 0.0464. The summed E-state index contributed by atoms with van der Waals surface area (Å²) in [5, 5.41) is 1.12. The largest absolute Gasteiger partial charge is 0.382 e. The van der Waals surface area contributed by atoms with Gasteiger partial charge in [0, 0.05) is 47.9 Å². The number of hydrogen-bond donors (Lipinski definition) is 3. The first-order valence-electron chi connectivity index (χ1n) is 12.1. The number of carbonyl (C=O) groups excluding carboxylic acids is 1. The fourth-order valence-electron chi connectivity index (χ4n) is 5.36. The molecule has 9 heteroatoms. The summed E-state index contributed by atoms with van der Waals surface area (Å²) >= 11 is 0. The number of nitrogen functional groups attached to an aromatic ring is 1. The van der Waals surface area contributed by atoms with E-state index in [0.717, 1.165) is 57.5 Å². The second-order valence-electron chi connectivity index (χ2n) is 9.32. The van der Waals surface area contributed by atoms with Crippen molar-refractivity contribution in [2.24, 2.45) is 0 Å². The van der Waals surface area contributed by atoms with Crippen LogP contribution >= 0.6 is 0 Å². The van der Waals surface area contributed by atoms with Crippen molar-refractivity contribution < 1.29 is 4.79 Å². The fourth-order valence-corrected chi connectivity index (χ4v) is 5.36. The van der Waals surface area contributed by atoms with Gasteiger partial charge in [-0.1, -0.05) is 18.2 Å². The van der Waals surface area contributed by atoms with E-state index in [4.69, 9.17) is 10.7 Å². The molecule has 1 saturated heterocycles. The Labute approximate surface area is 206 Å². The zero-order chi connectivity index (χ0) is 24.2. The summed E-state index contributed by atoms with van der Waals surface area (Å²) < 4.78 is 2.07. The van der Waals surface area contributed by atoms with Crippen LogP contribution in [-0.2, 0) is 0 Å². The normalized spacial score (nSPS) is 14.8. The van der Waals surface area contributed by atoms with E-state index in [1.807, 2.05) is 41.4 Å². The van der Waals surface area contributed by atoms with Gasteiger partial charge in [-0.05, 0) is 43.2 Å². The van der Waals surface area contributed by atoms with Crippen LogP contribution in [0.1, 0.15) is 34.9 Å². The summed E-state index contributed by atoms with van der Waals surface area (Å²) in [6.07, 6.45) is 6.94. The van der Waals surface area contributed by atoms with Gasteiger partial charge < -0.3 is 20.6 Å². The number of H-pyrrole nitrogens is 2. The topological polar surface area (TPSA) is 121 Å². The zero-order valence-corrected chi connectivity index (χ0v) is 19.5. The van der Waals surface area contributed by atoms with Crippen molar-refractivity contribution in [1.29, 1.82) is 0 Å². The molecule has 0 aliphatic carbocycles. The van der Waals surface area contributed by atoms with Crippen LogP contribution in [0.25, 0.3) is 38.8 Å². The Bertz CT molecular complexity index is 1720. The minimum absolute atomic E-state index is 0.0464. The first-order valence-corrected chi connectivity index (χ1v) is 12.1. The number of fused-ring (bicyclic) bond motifs is 3. The predicted octanol–water partition coefficient (Wildman–Crippen LogP) is 4.36. The van der Waals surface area contributed by atoms with Crippen LogP contribution in [0.3, 0.4) is 0 Å². The third kappa shape index (κ3) is 3.24. The highest BCUT2D eigenvalue weighted by Gasteiger charge is 2.29. The number of amides is 1. The molecule has 5 heterocycles. The lowest BCUT2D eigenvalue weighted by molar-refractivity contribution is 0.0711. The number of anilines is 1. The number of imidazole rings is 2. The summed E-state index contributed by atoms with van der Waals surface area (Å²) in [6.45, 7) is 1.34. The van der Waals surface area contributed by atoms with E-state index in [2.05, 4.69) is 42.5 Å². The van der Waals surface area contributed by atoms with Crippen molar-refractivity contribution in [3.05, 3.63) is 78.6 Å². The number of likely N-dealkylation sites (tertiary alicyclic amines) is 1. The molecule has 0 unspecified atom stereocenters. The number of benzene rings is 2. The number of carbonyl (C=O) groups is 1. The standard InChI is InChI=1S/C27H24N8O/c28-25-24-23(22-13-17-3-1-2-4-19(17)32-22)33-26(35(24)12-9-29-25)16-7-10-34(11-8-16)27(36)18-5-6-20-21(14-18)31-15-30-20/h1-6,9,12-16,32H,7-8,10-11H2,(H2,28,29)(H,30,31). The number of hydrogen-bond acceptors (Lipinski definition) is 5. The number of rotatable bonds is 3. The van der Waals surface area contributed by atoms with Crippen molar-refractivity contribution in [3.63, 3.8) is 0 Å². The first kappa shape index (κ1) is 20.7. The molecule has 4 aromatic heterocycles. The van der Waals surface area contributed by atoms with Crippen molar-refractivity contribution in [2.45, 2.75) is 18.8 Å². The molecule has 9 nitrogen and oxygen atoms in total. The van der Waals surface area contributed by atoms with Crippen LogP contribution in [0.4, 0.5) is 5.82 Å². The molecule has 0 spiro atoms. The van der Waals surface area contributed by atoms with Crippen LogP contribution < -0.4 is 5.73 Å². The average Bonchev–Trinajstić information content (AvgIpc) is 3.64. The first-order chi connectivity index (χ1) is 17.7. The number of nitrogens with zero attached hydrogens (tertiary/aromatic N) is 5. The van der Waals surface area contributed by atoms with Gasteiger partial charge in [0.15, 0.2) is 0 Å². The third-order valence-corrected chi connectivity index (χ3v) is 7.21. The maximum absolute atomic E-state index is 13.2. The Morgan fingerprint density at radius 3 is 2.75 bits per heavy atom. The van der Waals surface area contributed by atoms with Gasteiger partial charge in [0.1, 0.15) is 22.9 Å². The van der Waals surface area contributed by atoms with Gasteiger partial charge in [-0.15, -0.1) is 0 Å². The van der Waals surface area contributed by atoms with E-state index in [0.29, 0.717) is 24.5 Å². The summed E-state index contributed by atoms with van der Waals surface area (Å²) in [5.74, 6) is 1.66. The molecular weight excluding hydrogens is 452 g/mol. The highest BCUT2D eigenvalue weighted by Crippen LogP contribution is 2.35. The molecular formula is C27H24N8O. The molecule has 4 N–H and O–H groups in total. The number of nitrogens with two attached hydrogens (primary N) is 1.